The van der Waals surface area contributed by atoms with E-state index < -0.39 is 0 Å². The molecular weight excluding hydrogens is 234 g/mol. The van der Waals surface area contributed by atoms with Crippen LogP contribution in [0, 0.1) is 0 Å². The van der Waals surface area contributed by atoms with Gasteiger partial charge >= 0.3 is 0 Å². The summed E-state index contributed by atoms with van der Waals surface area (Å²) in [6, 6.07) is 0. The Morgan fingerprint density at radius 3 is 2.89 bits per heavy atom. The fourth-order valence-corrected chi connectivity index (χ4v) is 2.25. The van der Waals surface area contributed by atoms with Gasteiger partial charge in [0.05, 0.1) is 6.34 Å². The van der Waals surface area contributed by atoms with Gasteiger partial charge in [0, 0.05) is 0 Å². The van der Waals surface area contributed by atoms with Crippen LogP contribution in [-0.4, -0.2) is 18.3 Å². The van der Waals surface area contributed by atoms with Crippen LogP contribution in [0.1, 0.15) is 33.6 Å². The summed E-state index contributed by atoms with van der Waals surface area (Å²) in [5.74, 6) is 0.955. The Hall–Kier alpha value is -1.90. The summed E-state index contributed by atoms with van der Waals surface area (Å²) in [6.45, 7) is 6.20. The van der Waals surface area contributed by atoms with Crippen LogP contribution in [0.4, 0.5) is 0 Å². The van der Waals surface area contributed by atoms with Gasteiger partial charge in [-0.2, -0.15) is 0 Å². The van der Waals surface area contributed by atoms with Crippen molar-refractivity contribution in [2.24, 2.45) is 9.98 Å². The lowest BCUT2D eigenvalue weighted by Crippen LogP contribution is -2.31. The first kappa shape index (κ1) is 13.5. The van der Waals surface area contributed by atoms with Crippen molar-refractivity contribution in [2.75, 3.05) is 0 Å². The van der Waals surface area contributed by atoms with Crippen molar-refractivity contribution >= 4 is 12.2 Å². The molecule has 1 aliphatic carbocycles. The second kappa shape index (κ2) is 6.32. The van der Waals surface area contributed by atoms with Gasteiger partial charge in [-0.3, -0.25) is 0 Å². The summed E-state index contributed by atoms with van der Waals surface area (Å²) in [4.78, 5) is 9.12. The molecule has 0 aromatic heterocycles. The second-order valence-corrected chi connectivity index (χ2v) is 4.75. The largest absolute Gasteiger partial charge is 0.331 e. The van der Waals surface area contributed by atoms with E-state index >= 15 is 0 Å². The summed E-state index contributed by atoms with van der Waals surface area (Å²) in [5, 5.41) is 3.17. The Labute approximate surface area is 115 Å². The zero-order chi connectivity index (χ0) is 13.7. The molecule has 2 aliphatic rings. The molecule has 0 bridgehead atoms. The second-order valence-electron chi connectivity index (χ2n) is 4.75. The highest BCUT2D eigenvalue weighted by molar-refractivity contribution is 6.05. The zero-order valence-electron chi connectivity index (χ0n) is 11.9. The normalized spacial score (nSPS) is 23.8. The molecule has 0 aromatic rings. The van der Waals surface area contributed by atoms with Gasteiger partial charge in [0.25, 0.3) is 0 Å². The standard InChI is InChI=1S/C16H21N3/c1-4-7-13(5-2)15-17-11-18-16(19-15)14-9-6-8-12(3)10-14/h4-5,7-9,11,15H,6,10H2,1-3H3,(H,17,18,19)/b7-4-,13-5+. The van der Waals surface area contributed by atoms with Crippen LogP contribution >= 0.6 is 0 Å². The first-order valence-corrected chi connectivity index (χ1v) is 6.74. The highest BCUT2D eigenvalue weighted by atomic mass is 15.2. The predicted molar refractivity (Wildman–Crippen MR) is 82.5 cm³/mol. The molecule has 0 saturated heterocycles. The molecule has 3 nitrogen and oxygen atoms in total. The van der Waals surface area contributed by atoms with Crippen molar-refractivity contribution in [1.82, 2.24) is 5.32 Å². The number of nitrogens with one attached hydrogen (secondary N) is 1. The molecule has 19 heavy (non-hydrogen) atoms. The van der Waals surface area contributed by atoms with Gasteiger partial charge in [-0.25, -0.2) is 9.98 Å². The van der Waals surface area contributed by atoms with Crippen molar-refractivity contribution in [2.45, 2.75) is 39.8 Å². The molecule has 0 saturated carbocycles. The maximum absolute atomic E-state index is 4.72. The number of aliphatic imine (C=N–C) groups is 2. The van der Waals surface area contributed by atoms with Gasteiger partial charge in [0.1, 0.15) is 5.84 Å². The average Bonchev–Trinajstić information content (AvgIpc) is 2.45. The molecule has 1 heterocycles. The van der Waals surface area contributed by atoms with Crippen molar-refractivity contribution in [3.63, 3.8) is 0 Å². The van der Waals surface area contributed by atoms with Crippen LogP contribution in [0.15, 0.2) is 57.1 Å². The van der Waals surface area contributed by atoms with Crippen LogP contribution in [0.5, 0.6) is 0 Å². The first-order valence-electron chi connectivity index (χ1n) is 6.74. The van der Waals surface area contributed by atoms with Crippen LogP contribution < -0.4 is 5.32 Å². The van der Waals surface area contributed by atoms with Crippen molar-refractivity contribution in [1.29, 1.82) is 0 Å². The van der Waals surface area contributed by atoms with E-state index in [4.69, 9.17) is 4.99 Å². The Balaban J connectivity index is 2.19. The van der Waals surface area contributed by atoms with E-state index in [9.17, 15) is 0 Å². The summed E-state index contributed by atoms with van der Waals surface area (Å²) in [6.07, 6.45) is 14.3. The Morgan fingerprint density at radius 2 is 2.21 bits per heavy atom. The molecule has 1 N–H and O–H groups in total. The van der Waals surface area contributed by atoms with Crippen molar-refractivity contribution in [3.8, 4) is 0 Å². The number of hydrogen-bond acceptors (Lipinski definition) is 3. The number of hydrogen-bond donors (Lipinski definition) is 1. The van der Waals surface area contributed by atoms with Gasteiger partial charge in [0.15, 0.2) is 6.17 Å². The lowest BCUT2D eigenvalue weighted by atomic mass is 9.98. The third kappa shape index (κ3) is 3.31. The highest BCUT2D eigenvalue weighted by Crippen LogP contribution is 2.21. The summed E-state index contributed by atoms with van der Waals surface area (Å²) in [5.41, 5.74) is 3.80. The fraction of sp³-hybridized carbons (Fsp3) is 0.375. The Bertz CT molecular complexity index is 516. The van der Waals surface area contributed by atoms with Crippen molar-refractivity contribution < 1.29 is 0 Å². The van der Waals surface area contributed by atoms with Crippen LogP contribution in [0.3, 0.4) is 0 Å². The Kier molecular flexibility index (Phi) is 4.50. The van der Waals surface area contributed by atoms with Gasteiger partial charge in [-0.15, -0.1) is 0 Å². The van der Waals surface area contributed by atoms with Gasteiger partial charge in [-0.1, -0.05) is 36.0 Å². The summed E-state index contributed by atoms with van der Waals surface area (Å²) < 4.78 is 0. The monoisotopic (exact) mass is 255 g/mol. The average molecular weight is 255 g/mol. The van der Waals surface area contributed by atoms with Crippen LogP contribution in [-0.2, 0) is 0 Å². The van der Waals surface area contributed by atoms with E-state index in [0.717, 1.165) is 24.3 Å². The minimum atomic E-state index is -0.121. The lowest BCUT2D eigenvalue weighted by Gasteiger charge is -2.20. The molecule has 0 spiro atoms. The third-order valence-corrected chi connectivity index (χ3v) is 3.26. The van der Waals surface area contributed by atoms with Crippen molar-refractivity contribution in [3.05, 3.63) is 47.1 Å². The minimum Gasteiger partial charge on any atom is -0.331 e. The van der Waals surface area contributed by atoms with E-state index in [1.165, 1.54) is 11.1 Å². The van der Waals surface area contributed by atoms with E-state index in [-0.39, 0.29) is 6.17 Å². The molecule has 100 valence electrons. The molecule has 1 atom stereocenters. The predicted octanol–water partition coefficient (Wildman–Crippen LogP) is 3.53. The van der Waals surface area contributed by atoms with E-state index in [2.05, 4.69) is 41.5 Å². The number of allylic oxidation sites excluding steroid dienone is 5. The third-order valence-electron chi connectivity index (χ3n) is 3.26. The first-order chi connectivity index (χ1) is 9.24. The molecule has 0 amide bonds. The number of nitrogens with zero attached hydrogens (tertiary/aromatic N) is 2. The summed E-state index contributed by atoms with van der Waals surface area (Å²) >= 11 is 0. The Morgan fingerprint density at radius 1 is 1.37 bits per heavy atom. The molecule has 0 fully saturated rings. The van der Waals surface area contributed by atoms with E-state index in [0.29, 0.717) is 0 Å². The molecule has 0 radical (unpaired) electrons. The fourth-order valence-electron chi connectivity index (χ4n) is 2.25. The molecule has 1 unspecified atom stereocenters. The highest BCUT2D eigenvalue weighted by Gasteiger charge is 2.17. The maximum Gasteiger partial charge on any atom is 0.168 e. The molecule has 3 heteroatoms. The van der Waals surface area contributed by atoms with Gasteiger partial charge < -0.3 is 5.32 Å². The van der Waals surface area contributed by atoms with Crippen LogP contribution in [0.25, 0.3) is 0 Å². The quantitative estimate of drug-likeness (QED) is 0.608. The number of rotatable bonds is 3. The minimum absolute atomic E-state index is 0.121. The number of amidine groups is 1. The zero-order valence-corrected chi connectivity index (χ0v) is 11.9. The smallest absolute Gasteiger partial charge is 0.168 e. The van der Waals surface area contributed by atoms with Crippen LogP contribution in [0.2, 0.25) is 0 Å². The van der Waals surface area contributed by atoms with E-state index in [1.54, 1.807) is 6.34 Å². The molecular formula is C16H21N3. The topological polar surface area (TPSA) is 36.8 Å². The molecule has 0 aromatic carbocycles. The summed E-state index contributed by atoms with van der Waals surface area (Å²) in [7, 11) is 0. The maximum atomic E-state index is 4.72. The molecule has 2 rings (SSSR count). The lowest BCUT2D eigenvalue weighted by molar-refractivity contribution is 0.817. The SMILES string of the molecule is C/C=C\C(=C/C)C1N=CNC(C2=CCC=C(C)C2)=N1. The van der Waals surface area contributed by atoms with Gasteiger partial charge in [0.2, 0.25) is 0 Å². The van der Waals surface area contributed by atoms with E-state index in [1.807, 2.05) is 19.9 Å². The van der Waals surface area contributed by atoms with Gasteiger partial charge in [-0.05, 0) is 44.8 Å². The molecule has 1 aliphatic heterocycles.